The molecule has 0 atom stereocenters. The molecule has 0 heterocycles. The number of fused-ring (bicyclic) bond motifs is 3. The van der Waals surface area contributed by atoms with Crippen LogP contribution in [0.5, 0.6) is 0 Å². The van der Waals surface area contributed by atoms with Crippen LogP contribution in [0, 0.1) is 0 Å². The zero-order valence-corrected chi connectivity index (χ0v) is 33.8. The van der Waals surface area contributed by atoms with Crippen LogP contribution in [0.2, 0.25) is 0 Å². The molecule has 0 N–H and O–H groups in total. The van der Waals surface area contributed by atoms with Gasteiger partial charge < -0.3 is 0 Å². The van der Waals surface area contributed by atoms with Crippen molar-refractivity contribution in [3.05, 3.63) is 248 Å². The van der Waals surface area contributed by atoms with Gasteiger partial charge in [0.25, 0.3) is 0 Å². The van der Waals surface area contributed by atoms with E-state index in [-0.39, 0.29) is 0 Å². The molecule has 0 radical (unpaired) electrons. The summed E-state index contributed by atoms with van der Waals surface area (Å²) in [5.41, 5.74) is 17.3. The molecular weight excluding hydrogens is 733 g/mol. The molecule has 10 aromatic rings. The van der Waals surface area contributed by atoms with Gasteiger partial charge in [0.15, 0.2) is 0 Å². The molecule has 0 bridgehead atoms. The lowest BCUT2D eigenvalue weighted by Gasteiger charge is -2.19. The van der Waals surface area contributed by atoms with Crippen molar-refractivity contribution in [3.63, 3.8) is 0 Å². The average Bonchev–Trinajstić information content (AvgIpc) is 3.64. The van der Waals surface area contributed by atoms with Crippen molar-refractivity contribution in [2.24, 2.45) is 0 Å². The van der Waals surface area contributed by atoms with Gasteiger partial charge in [-0.05, 0) is 147 Å². The summed E-state index contributed by atoms with van der Waals surface area (Å²) < 4.78 is 0. The largest absolute Gasteiger partial charge is 0.0801 e. The minimum absolute atomic E-state index is 0.915. The van der Waals surface area contributed by atoms with Crippen molar-refractivity contribution in [2.75, 3.05) is 0 Å². The number of allylic oxidation sites excluding steroid dienone is 6. The molecule has 0 nitrogen and oxygen atoms in total. The highest BCUT2D eigenvalue weighted by Crippen LogP contribution is 2.45. The summed E-state index contributed by atoms with van der Waals surface area (Å²) >= 11 is 0. The quantitative estimate of drug-likeness (QED) is 0.142. The van der Waals surface area contributed by atoms with Crippen LogP contribution in [0.15, 0.2) is 243 Å². The summed E-state index contributed by atoms with van der Waals surface area (Å²) in [7, 11) is 0. The molecule has 0 saturated heterocycles. The standard InChI is InChI=1S/C61H42/c1-2-6-18-42(17-5-1)48-24-16-26-50(38-48)53-39-51-35-36-52(61-56-29-13-11-27-54(56)60(46-21-9-4-10-22-46)55-28-12-14-30-57(55)61)40-59(51)58(41-53)45-33-31-44(32-34-45)49-25-15-23-47(37-49)43-19-7-3-8-20-43/h1-17,19-41H,18H2. The zero-order valence-electron chi connectivity index (χ0n) is 33.8. The van der Waals surface area contributed by atoms with Gasteiger partial charge in [-0.25, -0.2) is 0 Å². The predicted molar refractivity (Wildman–Crippen MR) is 262 cm³/mol. The first kappa shape index (κ1) is 36.3. The summed E-state index contributed by atoms with van der Waals surface area (Å²) in [5.74, 6) is 0. The fourth-order valence-electron chi connectivity index (χ4n) is 9.32. The van der Waals surface area contributed by atoms with Crippen LogP contribution in [0.4, 0.5) is 0 Å². The molecule has 0 fully saturated rings. The molecule has 286 valence electrons. The van der Waals surface area contributed by atoms with Gasteiger partial charge >= 0.3 is 0 Å². The van der Waals surface area contributed by atoms with E-state index in [2.05, 4.69) is 243 Å². The molecule has 0 aromatic heterocycles. The average molecular weight is 775 g/mol. The summed E-state index contributed by atoms with van der Waals surface area (Å²) in [4.78, 5) is 0. The first-order valence-electron chi connectivity index (χ1n) is 21.2. The van der Waals surface area contributed by atoms with Crippen LogP contribution >= 0.6 is 0 Å². The van der Waals surface area contributed by atoms with E-state index in [1.54, 1.807) is 0 Å². The lowest BCUT2D eigenvalue weighted by molar-refractivity contribution is 1.40. The van der Waals surface area contributed by atoms with Crippen molar-refractivity contribution < 1.29 is 0 Å². The van der Waals surface area contributed by atoms with Crippen molar-refractivity contribution in [3.8, 4) is 66.8 Å². The minimum atomic E-state index is 0.915. The van der Waals surface area contributed by atoms with Gasteiger partial charge in [-0.15, -0.1) is 0 Å². The van der Waals surface area contributed by atoms with Crippen LogP contribution in [0.3, 0.4) is 0 Å². The molecule has 0 spiro atoms. The maximum Gasteiger partial charge on any atom is -0.00261 e. The third kappa shape index (κ3) is 6.89. The van der Waals surface area contributed by atoms with Gasteiger partial charge in [0.05, 0.1) is 0 Å². The van der Waals surface area contributed by atoms with E-state index in [0.29, 0.717) is 0 Å². The van der Waals surface area contributed by atoms with Gasteiger partial charge in [-0.2, -0.15) is 0 Å². The smallest absolute Gasteiger partial charge is 0.00261 e. The van der Waals surface area contributed by atoms with E-state index in [0.717, 1.165) is 6.42 Å². The van der Waals surface area contributed by atoms with Crippen molar-refractivity contribution in [2.45, 2.75) is 6.42 Å². The molecule has 0 saturated carbocycles. The predicted octanol–water partition coefficient (Wildman–Crippen LogP) is 17.0. The van der Waals surface area contributed by atoms with Gasteiger partial charge in [-0.1, -0.05) is 212 Å². The molecule has 0 amide bonds. The Hall–Kier alpha value is -7.80. The Morgan fingerprint density at radius 2 is 0.754 bits per heavy atom. The van der Waals surface area contributed by atoms with Crippen molar-refractivity contribution in [1.82, 2.24) is 0 Å². The Kier molecular flexibility index (Phi) is 9.37. The summed E-state index contributed by atoms with van der Waals surface area (Å²) in [6.45, 7) is 0. The molecule has 1 aliphatic carbocycles. The highest BCUT2D eigenvalue weighted by atomic mass is 14.2. The Bertz CT molecular complexity index is 3290. The monoisotopic (exact) mass is 774 g/mol. The van der Waals surface area contributed by atoms with Crippen LogP contribution in [0.1, 0.15) is 12.0 Å². The summed E-state index contributed by atoms with van der Waals surface area (Å²) in [6.07, 6.45) is 11.8. The fourth-order valence-corrected chi connectivity index (χ4v) is 9.32. The third-order valence-corrected chi connectivity index (χ3v) is 12.3. The molecule has 61 heavy (non-hydrogen) atoms. The van der Waals surface area contributed by atoms with Crippen LogP contribution < -0.4 is 0 Å². The Morgan fingerprint density at radius 1 is 0.262 bits per heavy atom. The van der Waals surface area contributed by atoms with E-state index in [4.69, 9.17) is 0 Å². The van der Waals surface area contributed by atoms with Crippen LogP contribution in [-0.4, -0.2) is 0 Å². The number of hydrogen-bond donors (Lipinski definition) is 0. The highest BCUT2D eigenvalue weighted by Gasteiger charge is 2.18. The minimum Gasteiger partial charge on any atom is -0.0801 e. The Balaban J connectivity index is 1.10. The topological polar surface area (TPSA) is 0 Å². The van der Waals surface area contributed by atoms with Crippen molar-refractivity contribution in [1.29, 1.82) is 0 Å². The number of hydrogen-bond acceptors (Lipinski definition) is 0. The molecule has 0 aliphatic heterocycles. The van der Waals surface area contributed by atoms with E-state index in [1.807, 2.05) is 0 Å². The Labute approximate surface area is 357 Å². The second kappa shape index (κ2) is 15.8. The first-order chi connectivity index (χ1) is 30.2. The lowest BCUT2D eigenvalue weighted by atomic mass is 9.84. The van der Waals surface area contributed by atoms with E-state index in [1.165, 1.54) is 110 Å². The van der Waals surface area contributed by atoms with E-state index in [9.17, 15) is 0 Å². The molecule has 10 aromatic carbocycles. The number of rotatable bonds is 7. The first-order valence-corrected chi connectivity index (χ1v) is 21.2. The number of benzene rings is 10. The summed E-state index contributed by atoms with van der Waals surface area (Å²) in [5, 5.41) is 7.50. The molecule has 11 rings (SSSR count). The van der Waals surface area contributed by atoms with Gasteiger partial charge in [-0.3, -0.25) is 0 Å². The third-order valence-electron chi connectivity index (χ3n) is 12.3. The molecule has 0 heteroatoms. The molecule has 0 unspecified atom stereocenters. The fraction of sp³-hybridized carbons (Fsp3) is 0.0164. The second-order valence-corrected chi connectivity index (χ2v) is 16.0. The van der Waals surface area contributed by atoms with Crippen LogP contribution in [-0.2, 0) is 0 Å². The molecule has 1 aliphatic rings. The normalized spacial score (nSPS) is 12.5. The van der Waals surface area contributed by atoms with Crippen molar-refractivity contribution >= 4 is 37.9 Å². The lowest BCUT2D eigenvalue weighted by Crippen LogP contribution is -1.92. The van der Waals surface area contributed by atoms with E-state index >= 15 is 0 Å². The van der Waals surface area contributed by atoms with Gasteiger partial charge in [0.2, 0.25) is 0 Å². The molecular formula is C61H42. The SMILES string of the molecule is C1=CC=C(c2cccc(-c3cc(-c4ccc(-c5cccc(-c6ccccc6)c5)cc4)c4cc(-c5c6ccccc6c(-c6ccccc6)c6ccccc56)ccc4c3)c2)CC=C1. The van der Waals surface area contributed by atoms with E-state index < -0.39 is 0 Å². The van der Waals surface area contributed by atoms with Gasteiger partial charge in [0, 0.05) is 0 Å². The maximum atomic E-state index is 2.44. The maximum absolute atomic E-state index is 2.44. The zero-order chi connectivity index (χ0) is 40.5. The highest BCUT2D eigenvalue weighted by molar-refractivity contribution is 6.22. The van der Waals surface area contributed by atoms with Crippen LogP contribution in [0.25, 0.3) is 105 Å². The van der Waals surface area contributed by atoms with Gasteiger partial charge in [0.1, 0.15) is 0 Å². The Morgan fingerprint density at radius 3 is 1.41 bits per heavy atom. The summed E-state index contributed by atoms with van der Waals surface area (Å²) in [6, 6.07) is 78.3. The second-order valence-electron chi connectivity index (χ2n) is 16.0.